The Balaban J connectivity index is 1.95. The molecule has 2 unspecified atom stereocenters. The van der Waals surface area contributed by atoms with Gasteiger partial charge in [-0.05, 0) is 25.5 Å². The molecule has 1 aliphatic heterocycles. The molecule has 4 heteroatoms. The summed E-state index contributed by atoms with van der Waals surface area (Å²) in [7, 11) is 1.74. The predicted molar refractivity (Wildman–Crippen MR) is 69.8 cm³/mol. The molecule has 2 atom stereocenters. The molecule has 2 rings (SSSR count). The fraction of sp³-hybridized carbons (Fsp3) is 0.571. The zero-order valence-electron chi connectivity index (χ0n) is 10.8. The number of hydrogen-bond donors (Lipinski definition) is 1. The second kappa shape index (κ2) is 6.27. The van der Waals surface area contributed by atoms with Crippen molar-refractivity contribution < 1.29 is 9.13 Å². The number of ether oxygens (including phenoxy) is 1. The molecular formula is C14H21FN2O. The van der Waals surface area contributed by atoms with Gasteiger partial charge in [0.15, 0.2) is 0 Å². The van der Waals surface area contributed by atoms with Crippen LogP contribution in [0.1, 0.15) is 24.4 Å². The van der Waals surface area contributed by atoms with Crippen LogP contribution in [0, 0.1) is 5.82 Å². The second-order valence-corrected chi connectivity index (χ2v) is 4.89. The minimum atomic E-state index is -0.276. The number of benzene rings is 1. The Kier molecular flexibility index (Phi) is 4.69. The van der Waals surface area contributed by atoms with Gasteiger partial charge in [-0.2, -0.15) is 0 Å². The molecule has 18 heavy (non-hydrogen) atoms. The van der Waals surface area contributed by atoms with Gasteiger partial charge in [0.05, 0.1) is 6.10 Å². The molecular weight excluding hydrogens is 231 g/mol. The zero-order chi connectivity index (χ0) is 13.0. The first-order valence-electron chi connectivity index (χ1n) is 6.46. The van der Waals surface area contributed by atoms with Crippen molar-refractivity contribution in [3.63, 3.8) is 0 Å². The number of nitrogens with zero attached hydrogens (tertiary/aromatic N) is 1. The lowest BCUT2D eigenvalue weighted by molar-refractivity contribution is 0.0293. The summed E-state index contributed by atoms with van der Waals surface area (Å²) < 4.78 is 19.0. The Labute approximate surface area is 108 Å². The highest BCUT2D eigenvalue weighted by molar-refractivity contribution is 5.21. The first-order chi connectivity index (χ1) is 8.70. The SMILES string of the molecule is COC1CCCN(CC(N)c2ccccc2F)C1. The van der Waals surface area contributed by atoms with Gasteiger partial charge in [-0.1, -0.05) is 18.2 Å². The van der Waals surface area contributed by atoms with E-state index in [-0.39, 0.29) is 18.0 Å². The smallest absolute Gasteiger partial charge is 0.128 e. The average molecular weight is 252 g/mol. The molecule has 1 aromatic rings. The van der Waals surface area contributed by atoms with Crippen LogP contribution in [0.15, 0.2) is 24.3 Å². The van der Waals surface area contributed by atoms with Crippen LogP contribution in [0.4, 0.5) is 4.39 Å². The van der Waals surface area contributed by atoms with Gasteiger partial charge in [-0.3, -0.25) is 4.90 Å². The summed E-state index contributed by atoms with van der Waals surface area (Å²) >= 11 is 0. The van der Waals surface area contributed by atoms with E-state index in [1.807, 2.05) is 6.07 Å². The van der Waals surface area contributed by atoms with Gasteiger partial charge in [0.1, 0.15) is 5.82 Å². The number of nitrogens with two attached hydrogens (primary N) is 1. The van der Waals surface area contributed by atoms with Gasteiger partial charge in [-0.25, -0.2) is 4.39 Å². The van der Waals surface area contributed by atoms with E-state index in [1.54, 1.807) is 19.2 Å². The Bertz CT molecular complexity index is 386. The first kappa shape index (κ1) is 13.5. The van der Waals surface area contributed by atoms with Crippen molar-refractivity contribution in [2.75, 3.05) is 26.7 Å². The van der Waals surface area contributed by atoms with Gasteiger partial charge in [-0.15, -0.1) is 0 Å². The number of hydrogen-bond acceptors (Lipinski definition) is 3. The molecule has 1 aliphatic rings. The molecule has 3 nitrogen and oxygen atoms in total. The minimum absolute atomic E-state index is 0.217. The monoisotopic (exact) mass is 252 g/mol. The largest absolute Gasteiger partial charge is 0.380 e. The van der Waals surface area contributed by atoms with Gasteiger partial charge >= 0.3 is 0 Å². The summed E-state index contributed by atoms with van der Waals surface area (Å²) in [5, 5.41) is 0. The normalized spacial score (nSPS) is 22.9. The quantitative estimate of drug-likeness (QED) is 0.890. The zero-order valence-corrected chi connectivity index (χ0v) is 10.8. The molecule has 0 spiro atoms. The summed E-state index contributed by atoms with van der Waals surface area (Å²) in [5.74, 6) is -0.217. The Morgan fingerprint density at radius 2 is 2.28 bits per heavy atom. The third-order valence-electron chi connectivity index (χ3n) is 3.56. The molecule has 100 valence electrons. The maximum atomic E-state index is 13.6. The van der Waals surface area contributed by atoms with Crippen LogP contribution < -0.4 is 5.73 Å². The van der Waals surface area contributed by atoms with Gasteiger partial charge in [0.25, 0.3) is 0 Å². The van der Waals surface area contributed by atoms with E-state index >= 15 is 0 Å². The third-order valence-corrected chi connectivity index (χ3v) is 3.56. The lowest BCUT2D eigenvalue weighted by Gasteiger charge is -2.33. The highest BCUT2D eigenvalue weighted by Crippen LogP contribution is 2.19. The lowest BCUT2D eigenvalue weighted by Crippen LogP contribution is -2.42. The molecule has 0 aliphatic carbocycles. The molecule has 1 aromatic carbocycles. The van der Waals surface area contributed by atoms with Crippen molar-refractivity contribution in [3.05, 3.63) is 35.6 Å². The third kappa shape index (κ3) is 3.28. The Morgan fingerprint density at radius 3 is 3.00 bits per heavy atom. The number of rotatable bonds is 4. The maximum Gasteiger partial charge on any atom is 0.128 e. The van der Waals surface area contributed by atoms with Crippen molar-refractivity contribution in [2.24, 2.45) is 5.73 Å². The van der Waals surface area contributed by atoms with Crippen molar-refractivity contribution in [1.29, 1.82) is 0 Å². The first-order valence-corrected chi connectivity index (χ1v) is 6.46. The predicted octanol–water partition coefficient (Wildman–Crippen LogP) is 1.94. The molecule has 0 bridgehead atoms. The molecule has 0 aromatic heterocycles. The van der Waals surface area contributed by atoms with Crippen LogP contribution in [0.3, 0.4) is 0 Å². The van der Waals surface area contributed by atoms with Crippen LogP contribution in [0.5, 0.6) is 0 Å². The van der Waals surface area contributed by atoms with Crippen LogP contribution in [-0.4, -0.2) is 37.7 Å². The highest BCUT2D eigenvalue weighted by atomic mass is 19.1. The highest BCUT2D eigenvalue weighted by Gasteiger charge is 2.22. The lowest BCUT2D eigenvalue weighted by atomic mass is 10.0. The Morgan fingerprint density at radius 1 is 1.50 bits per heavy atom. The van der Waals surface area contributed by atoms with E-state index in [2.05, 4.69) is 4.90 Å². The van der Waals surface area contributed by atoms with Crippen LogP contribution in [0.2, 0.25) is 0 Å². The van der Waals surface area contributed by atoms with Gasteiger partial charge in [0.2, 0.25) is 0 Å². The van der Waals surface area contributed by atoms with Gasteiger partial charge in [0, 0.05) is 31.8 Å². The fourth-order valence-corrected chi connectivity index (χ4v) is 2.52. The van der Waals surface area contributed by atoms with E-state index in [0.29, 0.717) is 12.1 Å². The number of likely N-dealkylation sites (tertiary alicyclic amines) is 1. The summed E-state index contributed by atoms with van der Waals surface area (Å²) in [6, 6.07) is 6.46. The number of halogens is 1. The van der Waals surface area contributed by atoms with E-state index in [1.165, 1.54) is 6.07 Å². The summed E-state index contributed by atoms with van der Waals surface area (Å²) in [4.78, 5) is 2.26. The summed E-state index contributed by atoms with van der Waals surface area (Å²) in [6.45, 7) is 2.58. The van der Waals surface area contributed by atoms with E-state index < -0.39 is 0 Å². The molecule has 0 saturated carbocycles. The number of piperidine rings is 1. The molecule has 0 amide bonds. The van der Waals surface area contributed by atoms with Crippen LogP contribution >= 0.6 is 0 Å². The maximum absolute atomic E-state index is 13.6. The number of methoxy groups -OCH3 is 1. The van der Waals surface area contributed by atoms with Crippen LogP contribution in [0.25, 0.3) is 0 Å². The fourth-order valence-electron chi connectivity index (χ4n) is 2.52. The summed E-state index contributed by atoms with van der Waals surface area (Å²) in [5.41, 5.74) is 6.69. The average Bonchev–Trinajstić information content (AvgIpc) is 2.39. The van der Waals surface area contributed by atoms with Crippen molar-refractivity contribution in [3.8, 4) is 0 Å². The molecule has 1 fully saturated rings. The standard InChI is InChI=1S/C14H21FN2O/c1-18-11-5-4-8-17(9-11)10-14(16)12-6-2-3-7-13(12)15/h2-3,6-7,11,14H,4-5,8-10,16H2,1H3. The van der Waals surface area contributed by atoms with Crippen molar-refractivity contribution >= 4 is 0 Å². The molecule has 1 heterocycles. The van der Waals surface area contributed by atoms with Crippen molar-refractivity contribution in [1.82, 2.24) is 4.90 Å². The Hall–Kier alpha value is -0.970. The second-order valence-electron chi connectivity index (χ2n) is 4.89. The van der Waals surface area contributed by atoms with E-state index in [4.69, 9.17) is 10.5 Å². The molecule has 1 saturated heterocycles. The van der Waals surface area contributed by atoms with E-state index in [0.717, 1.165) is 25.9 Å². The summed E-state index contributed by atoms with van der Waals surface area (Å²) in [6.07, 6.45) is 2.50. The van der Waals surface area contributed by atoms with Crippen molar-refractivity contribution in [2.45, 2.75) is 25.0 Å². The molecule has 0 radical (unpaired) electrons. The van der Waals surface area contributed by atoms with E-state index in [9.17, 15) is 4.39 Å². The minimum Gasteiger partial charge on any atom is -0.380 e. The van der Waals surface area contributed by atoms with Gasteiger partial charge < -0.3 is 10.5 Å². The van der Waals surface area contributed by atoms with Crippen LogP contribution in [-0.2, 0) is 4.74 Å². The topological polar surface area (TPSA) is 38.5 Å². The molecule has 2 N–H and O–H groups in total.